The second-order valence-electron chi connectivity index (χ2n) is 9.70. The Balaban J connectivity index is 1.85. The zero-order valence-corrected chi connectivity index (χ0v) is 21.1. The van der Waals surface area contributed by atoms with Crippen LogP contribution in [0.15, 0.2) is 12.1 Å². The number of hydrogen-bond acceptors (Lipinski definition) is 3. The molecule has 0 spiro atoms. The molecule has 1 aromatic rings. The van der Waals surface area contributed by atoms with Crippen LogP contribution in [0.1, 0.15) is 140 Å². The van der Waals surface area contributed by atoms with Crippen molar-refractivity contribution in [2.45, 2.75) is 142 Å². The highest BCUT2D eigenvalue weighted by Crippen LogP contribution is 2.30. The van der Waals surface area contributed by atoms with E-state index in [1.54, 1.807) is 12.1 Å². The van der Waals surface area contributed by atoms with Crippen LogP contribution in [0.25, 0.3) is 0 Å². The highest BCUT2D eigenvalue weighted by molar-refractivity contribution is 5.46. The summed E-state index contributed by atoms with van der Waals surface area (Å²) in [6, 6.07) is 3.47. The third-order valence-electron chi connectivity index (χ3n) is 6.69. The fourth-order valence-electron chi connectivity index (χ4n) is 4.62. The molecule has 0 unspecified atom stereocenters. The van der Waals surface area contributed by atoms with Crippen molar-refractivity contribution in [2.75, 3.05) is 6.61 Å². The molecule has 0 saturated carbocycles. The number of benzene rings is 1. The van der Waals surface area contributed by atoms with Crippen molar-refractivity contribution in [3.05, 3.63) is 23.3 Å². The molecular weight excluding hydrogens is 396 g/mol. The first-order valence-electron chi connectivity index (χ1n) is 13.8. The third-order valence-corrected chi connectivity index (χ3v) is 6.69. The molecule has 3 nitrogen and oxygen atoms in total. The molecule has 0 heterocycles. The Kier molecular flexibility index (Phi) is 18.4. The summed E-state index contributed by atoms with van der Waals surface area (Å²) < 4.78 is 0. The second kappa shape index (κ2) is 20.4. The van der Waals surface area contributed by atoms with Crippen molar-refractivity contribution >= 4 is 0 Å². The summed E-state index contributed by atoms with van der Waals surface area (Å²) in [7, 11) is 0. The van der Waals surface area contributed by atoms with Crippen LogP contribution >= 0.6 is 0 Å². The van der Waals surface area contributed by atoms with Gasteiger partial charge >= 0.3 is 0 Å². The topological polar surface area (TPSA) is 60.7 Å². The number of hydrogen-bond donors (Lipinski definition) is 3. The largest absolute Gasteiger partial charge is 0.508 e. The first-order valence-corrected chi connectivity index (χ1v) is 13.8. The van der Waals surface area contributed by atoms with Gasteiger partial charge in [0.15, 0.2) is 0 Å². The van der Waals surface area contributed by atoms with Crippen LogP contribution in [0, 0.1) is 0 Å². The van der Waals surface area contributed by atoms with Crippen LogP contribution in [0.2, 0.25) is 0 Å². The molecule has 186 valence electrons. The lowest BCUT2D eigenvalue weighted by molar-refractivity contribution is 0.294. The van der Waals surface area contributed by atoms with Gasteiger partial charge in [0.1, 0.15) is 11.5 Å². The molecule has 0 aromatic heterocycles. The quantitative estimate of drug-likeness (QED) is 0.156. The van der Waals surface area contributed by atoms with Crippen molar-refractivity contribution < 1.29 is 15.3 Å². The summed E-state index contributed by atoms with van der Waals surface area (Å²) in [5.41, 5.74) is 1.43. The Labute approximate surface area is 198 Å². The van der Waals surface area contributed by atoms with E-state index in [0.717, 1.165) is 18.4 Å². The zero-order chi connectivity index (χ0) is 23.3. The number of aliphatic hydroxyl groups is 1. The minimum absolute atomic E-state index is 0.0697. The number of aryl methyl sites for hydroxylation is 1. The molecule has 0 radical (unpaired) electrons. The van der Waals surface area contributed by atoms with Gasteiger partial charge in [0, 0.05) is 18.6 Å². The maximum absolute atomic E-state index is 9.99. The SMILES string of the molecule is CCCCCCCCCCCCCCCCCCCCCc1cc(O)c(CCO)c(O)c1. The second-order valence-corrected chi connectivity index (χ2v) is 9.70. The van der Waals surface area contributed by atoms with Gasteiger partial charge in [0.2, 0.25) is 0 Å². The van der Waals surface area contributed by atoms with Crippen molar-refractivity contribution in [3.63, 3.8) is 0 Å². The predicted molar refractivity (Wildman–Crippen MR) is 138 cm³/mol. The number of aliphatic hydroxyl groups excluding tert-OH is 1. The summed E-state index contributed by atoms with van der Waals surface area (Å²) in [5, 5.41) is 29.0. The monoisotopic (exact) mass is 448 g/mol. The lowest BCUT2D eigenvalue weighted by Crippen LogP contribution is -1.94. The highest BCUT2D eigenvalue weighted by atomic mass is 16.3. The maximum Gasteiger partial charge on any atom is 0.122 e. The first kappa shape index (κ1) is 28.8. The van der Waals surface area contributed by atoms with Crippen LogP contribution in [-0.4, -0.2) is 21.9 Å². The van der Waals surface area contributed by atoms with Gasteiger partial charge in [-0.15, -0.1) is 0 Å². The molecular formula is C29H52O3. The standard InChI is InChI=1S/C29H52O3/c1-2-3-4-5-6-7-8-9-10-11-12-13-14-15-16-17-18-19-20-21-26-24-28(31)27(22-23-30)29(32)25-26/h24-25,30-32H,2-23H2,1H3. The van der Waals surface area contributed by atoms with E-state index in [1.807, 2.05) is 0 Å². The molecule has 0 saturated heterocycles. The van der Waals surface area contributed by atoms with Crippen molar-refractivity contribution in [1.82, 2.24) is 0 Å². The molecule has 0 aliphatic heterocycles. The van der Waals surface area contributed by atoms with Gasteiger partial charge in [0.25, 0.3) is 0 Å². The molecule has 3 N–H and O–H groups in total. The summed E-state index contributed by atoms with van der Waals surface area (Å²) in [6.45, 7) is 2.22. The Morgan fingerprint density at radius 2 is 0.844 bits per heavy atom. The fourth-order valence-corrected chi connectivity index (χ4v) is 4.62. The Hall–Kier alpha value is -1.22. The average Bonchev–Trinajstić information content (AvgIpc) is 2.78. The van der Waals surface area contributed by atoms with Crippen molar-refractivity contribution in [2.24, 2.45) is 0 Å². The molecule has 1 rings (SSSR count). The van der Waals surface area contributed by atoms with Gasteiger partial charge in [-0.25, -0.2) is 0 Å². The van der Waals surface area contributed by atoms with Gasteiger partial charge in [0.05, 0.1) is 0 Å². The summed E-state index contributed by atoms with van der Waals surface area (Å²) in [4.78, 5) is 0. The molecule has 32 heavy (non-hydrogen) atoms. The maximum atomic E-state index is 9.99. The van der Waals surface area contributed by atoms with E-state index < -0.39 is 0 Å². The van der Waals surface area contributed by atoms with Crippen LogP contribution in [-0.2, 0) is 12.8 Å². The molecule has 1 aromatic carbocycles. The first-order chi connectivity index (χ1) is 15.7. The number of phenols is 2. The van der Waals surface area contributed by atoms with Gasteiger partial charge in [-0.2, -0.15) is 0 Å². The fraction of sp³-hybridized carbons (Fsp3) is 0.793. The Morgan fingerprint density at radius 1 is 0.500 bits per heavy atom. The molecule has 3 heteroatoms. The number of rotatable bonds is 22. The number of aromatic hydroxyl groups is 2. The predicted octanol–water partition coefficient (Wildman–Crippen LogP) is 8.61. The minimum atomic E-state index is -0.0697. The van der Waals surface area contributed by atoms with Gasteiger partial charge in [-0.1, -0.05) is 122 Å². The Bertz CT molecular complexity index is 532. The third kappa shape index (κ3) is 14.8. The smallest absolute Gasteiger partial charge is 0.122 e. The average molecular weight is 449 g/mol. The van der Waals surface area contributed by atoms with Gasteiger partial charge in [-0.05, 0) is 30.5 Å². The van der Waals surface area contributed by atoms with E-state index in [9.17, 15) is 10.2 Å². The van der Waals surface area contributed by atoms with Crippen molar-refractivity contribution in [3.8, 4) is 11.5 Å². The van der Waals surface area contributed by atoms with Crippen molar-refractivity contribution in [1.29, 1.82) is 0 Å². The molecule has 0 bridgehead atoms. The minimum Gasteiger partial charge on any atom is -0.508 e. The summed E-state index contributed by atoms with van der Waals surface area (Å²) >= 11 is 0. The lowest BCUT2D eigenvalue weighted by Gasteiger charge is -2.09. The van der Waals surface area contributed by atoms with E-state index in [1.165, 1.54) is 116 Å². The molecule has 0 fully saturated rings. The molecule has 0 aliphatic rings. The van der Waals surface area contributed by atoms with Gasteiger partial charge in [-0.3, -0.25) is 0 Å². The molecule has 0 aliphatic carbocycles. The van der Waals surface area contributed by atoms with E-state index in [-0.39, 0.29) is 24.5 Å². The van der Waals surface area contributed by atoms with Crippen LogP contribution in [0.5, 0.6) is 11.5 Å². The number of phenolic OH excluding ortho intramolecular Hbond substituents is 2. The highest BCUT2D eigenvalue weighted by Gasteiger charge is 2.09. The van der Waals surface area contributed by atoms with E-state index >= 15 is 0 Å². The van der Waals surface area contributed by atoms with Crippen LogP contribution in [0.4, 0.5) is 0 Å². The molecule has 0 amide bonds. The zero-order valence-electron chi connectivity index (χ0n) is 21.1. The number of unbranched alkanes of at least 4 members (excludes halogenated alkanes) is 18. The van der Waals surface area contributed by atoms with E-state index in [2.05, 4.69) is 6.92 Å². The van der Waals surface area contributed by atoms with Gasteiger partial charge < -0.3 is 15.3 Å². The molecule has 0 atom stereocenters. The Morgan fingerprint density at radius 3 is 1.19 bits per heavy atom. The normalized spacial score (nSPS) is 11.3. The van der Waals surface area contributed by atoms with E-state index in [0.29, 0.717) is 5.56 Å². The van der Waals surface area contributed by atoms with Crippen LogP contribution < -0.4 is 0 Å². The summed E-state index contributed by atoms with van der Waals surface area (Å²) in [5.74, 6) is 0.207. The van der Waals surface area contributed by atoms with Crippen LogP contribution in [0.3, 0.4) is 0 Å². The van der Waals surface area contributed by atoms with E-state index in [4.69, 9.17) is 5.11 Å². The summed E-state index contributed by atoms with van der Waals surface area (Å²) in [6.07, 6.45) is 27.4. The lowest BCUT2D eigenvalue weighted by atomic mass is 10.0.